The normalized spacial score (nSPS) is 12.8. The van der Waals surface area contributed by atoms with E-state index in [0.717, 1.165) is 5.56 Å². The summed E-state index contributed by atoms with van der Waals surface area (Å²) in [6.07, 6.45) is -0.101. The van der Waals surface area contributed by atoms with Gasteiger partial charge in [0.25, 0.3) is 5.91 Å². The van der Waals surface area contributed by atoms with Crippen molar-refractivity contribution in [3.05, 3.63) is 35.4 Å². The van der Waals surface area contributed by atoms with Crippen LogP contribution in [0.1, 0.15) is 43.1 Å². The van der Waals surface area contributed by atoms with Gasteiger partial charge in [-0.2, -0.15) is 0 Å². The Balaban J connectivity index is 2.81. The third kappa shape index (κ3) is 4.66. The quantitative estimate of drug-likeness (QED) is 0.765. The molecule has 4 N–H and O–H groups in total. The fourth-order valence-corrected chi connectivity index (χ4v) is 1.78. The van der Waals surface area contributed by atoms with E-state index < -0.39 is 12.0 Å². The van der Waals surface area contributed by atoms with Crippen molar-refractivity contribution < 1.29 is 14.7 Å². The van der Waals surface area contributed by atoms with Crippen LogP contribution < -0.4 is 11.1 Å². The Morgan fingerprint density at radius 1 is 1.25 bits per heavy atom. The van der Waals surface area contributed by atoms with E-state index in [2.05, 4.69) is 5.32 Å². The van der Waals surface area contributed by atoms with E-state index >= 15 is 0 Å². The second-order valence-corrected chi connectivity index (χ2v) is 5.89. The minimum Gasteiger partial charge on any atom is -0.481 e. The van der Waals surface area contributed by atoms with Crippen molar-refractivity contribution >= 4 is 11.9 Å². The fourth-order valence-electron chi connectivity index (χ4n) is 1.78. The van der Waals surface area contributed by atoms with Gasteiger partial charge >= 0.3 is 5.97 Å². The molecule has 0 radical (unpaired) electrons. The largest absolute Gasteiger partial charge is 0.481 e. The standard InChI is InChI=1S/C15H22N2O3/c1-15(2,3)12(8-13(18)19)17-14(20)11-6-4-10(9-16)5-7-11/h4-7,12H,8-9,16H2,1-3H3,(H,17,20)(H,18,19). The van der Waals surface area contributed by atoms with E-state index in [1.807, 2.05) is 20.8 Å². The molecule has 0 heterocycles. The Labute approximate surface area is 119 Å². The average molecular weight is 278 g/mol. The summed E-state index contributed by atoms with van der Waals surface area (Å²) >= 11 is 0. The Kier molecular flexibility index (Phi) is 5.27. The lowest BCUT2D eigenvalue weighted by Crippen LogP contribution is -2.45. The SMILES string of the molecule is CC(C)(C)C(CC(=O)O)NC(=O)c1ccc(CN)cc1. The van der Waals surface area contributed by atoms with Crippen molar-refractivity contribution in [2.75, 3.05) is 0 Å². The fraction of sp³-hybridized carbons (Fsp3) is 0.467. The van der Waals surface area contributed by atoms with E-state index in [1.165, 1.54) is 0 Å². The maximum absolute atomic E-state index is 12.1. The first-order valence-electron chi connectivity index (χ1n) is 6.55. The Hall–Kier alpha value is -1.88. The molecule has 0 saturated heterocycles. The number of rotatable bonds is 5. The number of amides is 1. The molecule has 1 unspecified atom stereocenters. The molecule has 110 valence electrons. The van der Waals surface area contributed by atoms with Gasteiger partial charge in [-0.15, -0.1) is 0 Å². The highest BCUT2D eigenvalue weighted by Crippen LogP contribution is 2.22. The number of nitrogens with one attached hydrogen (secondary N) is 1. The van der Waals surface area contributed by atoms with Crippen molar-refractivity contribution in [3.63, 3.8) is 0 Å². The molecule has 1 atom stereocenters. The highest BCUT2D eigenvalue weighted by Gasteiger charge is 2.28. The highest BCUT2D eigenvalue weighted by atomic mass is 16.4. The Morgan fingerprint density at radius 3 is 2.20 bits per heavy atom. The van der Waals surface area contributed by atoms with Gasteiger partial charge in [-0.3, -0.25) is 9.59 Å². The summed E-state index contributed by atoms with van der Waals surface area (Å²) in [5, 5.41) is 11.7. The minimum atomic E-state index is -0.927. The monoisotopic (exact) mass is 278 g/mol. The van der Waals surface area contributed by atoms with E-state index in [4.69, 9.17) is 10.8 Å². The molecule has 0 aliphatic carbocycles. The molecule has 5 heteroatoms. The van der Waals surface area contributed by atoms with Gasteiger partial charge < -0.3 is 16.2 Å². The number of aliphatic carboxylic acids is 1. The van der Waals surface area contributed by atoms with Gasteiger partial charge in [-0.1, -0.05) is 32.9 Å². The molecule has 0 aliphatic rings. The van der Waals surface area contributed by atoms with Crippen LogP contribution in [0.2, 0.25) is 0 Å². The molecule has 0 bridgehead atoms. The van der Waals surface area contributed by atoms with Crippen LogP contribution >= 0.6 is 0 Å². The van der Waals surface area contributed by atoms with E-state index in [1.54, 1.807) is 24.3 Å². The van der Waals surface area contributed by atoms with Crippen molar-refractivity contribution in [2.45, 2.75) is 39.8 Å². The summed E-state index contributed by atoms with van der Waals surface area (Å²) in [6, 6.07) is 6.54. The van der Waals surface area contributed by atoms with Gasteiger partial charge in [-0.05, 0) is 23.1 Å². The van der Waals surface area contributed by atoms with Crippen LogP contribution in [0.5, 0.6) is 0 Å². The zero-order valence-corrected chi connectivity index (χ0v) is 12.1. The molecule has 0 spiro atoms. The number of carbonyl (C=O) groups excluding carboxylic acids is 1. The summed E-state index contributed by atoms with van der Waals surface area (Å²) in [4.78, 5) is 23.0. The molecule has 0 aliphatic heterocycles. The molecule has 1 amide bonds. The van der Waals surface area contributed by atoms with Crippen LogP contribution in [0.25, 0.3) is 0 Å². The van der Waals surface area contributed by atoms with Crippen LogP contribution in [0.3, 0.4) is 0 Å². The summed E-state index contributed by atoms with van der Waals surface area (Å²) in [5.74, 6) is -1.20. The molecule has 1 aromatic rings. The van der Waals surface area contributed by atoms with Gasteiger partial charge in [0.2, 0.25) is 0 Å². The molecular formula is C15H22N2O3. The Bertz CT molecular complexity index is 475. The lowest BCUT2D eigenvalue weighted by atomic mass is 9.84. The molecule has 1 rings (SSSR count). The van der Waals surface area contributed by atoms with Gasteiger partial charge in [0.15, 0.2) is 0 Å². The zero-order valence-electron chi connectivity index (χ0n) is 12.1. The van der Waals surface area contributed by atoms with Crippen LogP contribution in [-0.2, 0) is 11.3 Å². The van der Waals surface area contributed by atoms with Crippen LogP contribution in [0, 0.1) is 5.41 Å². The average Bonchev–Trinajstić information content (AvgIpc) is 2.36. The molecule has 20 heavy (non-hydrogen) atoms. The number of carboxylic acid groups (broad SMARTS) is 1. The van der Waals surface area contributed by atoms with Gasteiger partial charge in [0, 0.05) is 18.2 Å². The minimum absolute atomic E-state index is 0.101. The maximum atomic E-state index is 12.1. The first-order chi connectivity index (χ1) is 9.24. The predicted octanol–water partition coefficient (Wildman–Crippen LogP) is 1.76. The van der Waals surface area contributed by atoms with Gasteiger partial charge in [-0.25, -0.2) is 0 Å². The summed E-state index contributed by atoms with van der Waals surface area (Å²) in [6.45, 7) is 6.13. The summed E-state index contributed by atoms with van der Waals surface area (Å²) in [5.41, 5.74) is 6.62. The third-order valence-electron chi connectivity index (χ3n) is 3.18. The van der Waals surface area contributed by atoms with Gasteiger partial charge in [0.1, 0.15) is 0 Å². The number of carbonyl (C=O) groups is 2. The van der Waals surface area contributed by atoms with Crippen LogP contribution in [0.15, 0.2) is 24.3 Å². The van der Waals surface area contributed by atoms with Crippen LogP contribution in [-0.4, -0.2) is 23.0 Å². The predicted molar refractivity (Wildman–Crippen MR) is 77.3 cm³/mol. The van der Waals surface area contributed by atoms with E-state index in [0.29, 0.717) is 12.1 Å². The molecule has 5 nitrogen and oxygen atoms in total. The first-order valence-corrected chi connectivity index (χ1v) is 6.55. The highest BCUT2D eigenvalue weighted by molar-refractivity contribution is 5.94. The van der Waals surface area contributed by atoms with Crippen molar-refractivity contribution in [3.8, 4) is 0 Å². The second kappa shape index (κ2) is 6.52. The zero-order chi connectivity index (χ0) is 15.3. The van der Waals surface area contributed by atoms with Gasteiger partial charge in [0.05, 0.1) is 6.42 Å². The second-order valence-electron chi connectivity index (χ2n) is 5.89. The summed E-state index contributed by atoms with van der Waals surface area (Å²) < 4.78 is 0. The number of benzene rings is 1. The molecule has 0 aromatic heterocycles. The van der Waals surface area contributed by atoms with Crippen molar-refractivity contribution in [1.82, 2.24) is 5.32 Å². The third-order valence-corrected chi connectivity index (χ3v) is 3.18. The lowest BCUT2D eigenvalue weighted by molar-refractivity contribution is -0.138. The molecule has 1 aromatic carbocycles. The van der Waals surface area contributed by atoms with Crippen LogP contribution in [0.4, 0.5) is 0 Å². The number of nitrogens with two attached hydrogens (primary N) is 1. The van der Waals surface area contributed by atoms with Crippen molar-refractivity contribution in [1.29, 1.82) is 0 Å². The van der Waals surface area contributed by atoms with Crippen molar-refractivity contribution in [2.24, 2.45) is 11.1 Å². The van der Waals surface area contributed by atoms with E-state index in [-0.39, 0.29) is 17.7 Å². The topological polar surface area (TPSA) is 92.4 Å². The molecular weight excluding hydrogens is 256 g/mol. The molecule has 0 saturated carbocycles. The smallest absolute Gasteiger partial charge is 0.305 e. The maximum Gasteiger partial charge on any atom is 0.305 e. The number of hydrogen-bond acceptors (Lipinski definition) is 3. The number of carboxylic acids is 1. The lowest BCUT2D eigenvalue weighted by Gasteiger charge is -2.30. The number of hydrogen-bond donors (Lipinski definition) is 3. The van der Waals surface area contributed by atoms with E-state index in [9.17, 15) is 9.59 Å². The summed E-state index contributed by atoms with van der Waals surface area (Å²) in [7, 11) is 0. The first kappa shape index (κ1) is 16.2. The Morgan fingerprint density at radius 2 is 1.80 bits per heavy atom. The molecule has 0 fully saturated rings.